The van der Waals surface area contributed by atoms with Crippen molar-refractivity contribution in [2.45, 2.75) is 58.5 Å². The summed E-state index contributed by atoms with van der Waals surface area (Å²) < 4.78 is 37.3. The minimum absolute atomic E-state index is 0.210. The maximum absolute atomic E-state index is 13.1. The van der Waals surface area contributed by atoms with E-state index in [1.807, 2.05) is 31.2 Å². The van der Waals surface area contributed by atoms with Crippen LogP contribution in [-0.4, -0.2) is 60.3 Å². The highest BCUT2D eigenvalue weighted by atomic mass is 19.3. The van der Waals surface area contributed by atoms with Crippen LogP contribution in [0.3, 0.4) is 0 Å². The first kappa shape index (κ1) is 29.0. The fourth-order valence-corrected chi connectivity index (χ4v) is 3.52. The molecule has 0 saturated heterocycles. The Bertz CT molecular complexity index is 946. The van der Waals surface area contributed by atoms with Crippen molar-refractivity contribution in [3.8, 4) is 5.75 Å². The van der Waals surface area contributed by atoms with E-state index < -0.39 is 18.0 Å². The molecule has 1 atom stereocenters. The number of carboxylic acid groups (broad SMARTS) is 1. The summed E-state index contributed by atoms with van der Waals surface area (Å²) in [6.45, 7) is 5.71. The van der Waals surface area contributed by atoms with E-state index in [1.165, 1.54) is 0 Å². The van der Waals surface area contributed by atoms with Gasteiger partial charge in [0.15, 0.2) is 6.10 Å². The van der Waals surface area contributed by atoms with Crippen LogP contribution in [-0.2, 0) is 16.0 Å². The van der Waals surface area contributed by atoms with Crippen molar-refractivity contribution in [3.63, 3.8) is 0 Å². The van der Waals surface area contributed by atoms with Crippen LogP contribution in [0.15, 0.2) is 48.5 Å². The van der Waals surface area contributed by atoms with Gasteiger partial charge >= 0.3 is 12.0 Å². The quantitative estimate of drug-likeness (QED) is 0.300. The molecule has 0 aliphatic rings. The fraction of sp³-hybridized carbons (Fsp3) is 0.481. The average molecular weight is 507 g/mol. The van der Waals surface area contributed by atoms with E-state index in [9.17, 15) is 23.5 Å². The molecule has 198 valence electrons. The first-order valence-electron chi connectivity index (χ1n) is 12.1. The molecule has 0 bridgehead atoms. The summed E-state index contributed by atoms with van der Waals surface area (Å²) in [7, 11) is 0. The number of nitrogens with one attached hydrogen (secondary N) is 1. The lowest BCUT2D eigenvalue weighted by Crippen LogP contribution is -2.38. The van der Waals surface area contributed by atoms with E-state index in [-0.39, 0.29) is 32.0 Å². The predicted molar refractivity (Wildman–Crippen MR) is 135 cm³/mol. The number of anilines is 1. The van der Waals surface area contributed by atoms with Gasteiger partial charge in [-0.15, -0.1) is 0 Å². The number of alkyl halides is 2. The van der Waals surface area contributed by atoms with Gasteiger partial charge in [-0.05, 0) is 63.4 Å². The van der Waals surface area contributed by atoms with Crippen LogP contribution in [0.1, 0.15) is 44.2 Å². The van der Waals surface area contributed by atoms with Crippen LogP contribution in [0, 0.1) is 6.92 Å². The molecule has 36 heavy (non-hydrogen) atoms. The molecular formula is C27H36F2N2O5. The fourth-order valence-electron chi connectivity index (χ4n) is 3.52. The number of carbonyl (C=O) groups excluding carboxylic acids is 1. The number of halogens is 2. The zero-order chi connectivity index (χ0) is 26.6. The number of carbonyl (C=O) groups is 2. The number of benzene rings is 2. The van der Waals surface area contributed by atoms with Crippen LogP contribution in [0.5, 0.6) is 5.75 Å². The molecule has 0 heterocycles. The van der Waals surface area contributed by atoms with Gasteiger partial charge in [0.25, 0.3) is 0 Å². The van der Waals surface area contributed by atoms with Crippen molar-refractivity contribution in [1.82, 2.24) is 4.90 Å². The van der Waals surface area contributed by atoms with Gasteiger partial charge < -0.3 is 24.8 Å². The molecular weight excluding hydrogens is 470 g/mol. The molecule has 2 aromatic carbocycles. The first-order valence-corrected chi connectivity index (χ1v) is 12.1. The smallest absolute Gasteiger partial charge is 0.333 e. The predicted octanol–water partition coefficient (Wildman–Crippen LogP) is 5.77. The second-order valence-electron chi connectivity index (χ2n) is 8.79. The van der Waals surface area contributed by atoms with Crippen LogP contribution >= 0.6 is 0 Å². The van der Waals surface area contributed by atoms with Crippen molar-refractivity contribution in [3.05, 3.63) is 59.7 Å². The van der Waals surface area contributed by atoms with Gasteiger partial charge in [-0.25, -0.2) is 18.4 Å². The Morgan fingerprint density at radius 3 is 2.31 bits per heavy atom. The van der Waals surface area contributed by atoms with Gasteiger partial charge in [0, 0.05) is 31.7 Å². The topological polar surface area (TPSA) is 88.1 Å². The zero-order valence-corrected chi connectivity index (χ0v) is 21.1. The van der Waals surface area contributed by atoms with Gasteiger partial charge in [0.1, 0.15) is 12.4 Å². The summed E-state index contributed by atoms with van der Waals surface area (Å²) in [5.74, 6) is -3.16. The Morgan fingerprint density at radius 2 is 1.72 bits per heavy atom. The summed E-state index contributed by atoms with van der Waals surface area (Å²) in [6, 6.07) is 14.1. The second-order valence-corrected chi connectivity index (χ2v) is 8.79. The van der Waals surface area contributed by atoms with Gasteiger partial charge in [0.2, 0.25) is 5.92 Å². The molecule has 1 unspecified atom stereocenters. The number of hydrogen-bond acceptors (Lipinski definition) is 4. The molecule has 2 rings (SSSR count). The average Bonchev–Trinajstić information content (AvgIpc) is 2.82. The lowest BCUT2D eigenvalue weighted by Gasteiger charge is -2.24. The third-order valence-corrected chi connectivity index (χ3v) is 5.50. The maximum Gasteiger partial charge on any atom is 0.333 e. The molecule has 0 radical (unpaired) electrons. The van der Waals surface area contributed by atoms with Crippen LogP contribution in [0.4, 0.5) is 19.3 Å². The Hall–Kier alpha value is -3.20. The van der Waals surface area contributed by atoms with Gasteiger partial charge in [-0.3, -0.25) is 0 Å². The summed E-state index contributed by atoms with van der Waals surface area (Å²) in [4.78, 5) is 25.7. The highest BCUT2D eigenvalue weighted by Gasteiger charge is 2.21. The first-order chi connectivity index (χ1) is 17.1. The largest absolute Gasteiger partial charge is 0.492 e. The van der Waals surface area contributed by atoms with Crippen LogP contribution < -0.4 is 10.1 Å². The summed E-state index contributed by atoms with van der Waals surface area (Å²) >= 11 is 0. The normalized spacial score (nSPS) is 12.1. The molecule has 9 heteroatoms. The van der Waals surface area contributed by atoms with E-state index in [0.717, 1.165) is 18.1 Å². The number of hydrogen-bond donors (Lipinski definition) is 2. The Kier molecular flexibility index (Phi) is 11.6. The zero-order valence-electron chi connectivity index (χ0n) is 21.1. The van der Waals surface area contributed by atoms with Gasteiger partial charge in [-0.1, -0.05) is 29.8 Å². The number of rotatable bonds is 15. The number of nitrogens with zero attached hydrogens (tertiary/aromatic N) is 1. The van der Waals surface area contributed by atoms with Gasteiger partial charge in [-0.2, -0.15) is 0 Å². The monoisotopic (exact) mass is 506 g/mol. The molecule has 0 aromatic heterocycles. The number of aliphatic carboxylic acids is 1. The molecule has 0 fully saturated rings. The molecule has 0 spiro atoms. The molecule has 7 nitrogen and oxygen atoms in total. The van der Waals surface area contributed by atoms with Crippen molar-refractivity contribution in [1.29, 1.82) is 0 Å². The molecule has 2 aromatic rings. The summed E-state index contributed by atoms with van der Waals surface area (Å²) in [5, 5.41) is 12.1. The number of amides is 2. The van der Waals surface area contributed by atoms with Gasteiger partial charge in [0.05, 0.1) is 6.54 Å². The Labute approximate surface area is 211 Å². The summed E-state index contributed by atoms with van der Waals surface area (Å²) in [6.07, 6.45) is -0.138. The number of aryl methyl sites for hydroxylation is 1. The minimum atomic E-state index is -2.72. The maximum atomic E-state index is 13.1. The standard InChI is InChI=1S/C27H36F2N2O5/c1-4-35-24(25(32)33)19-21-9-13-23(14-10-21)36-18-17-31(16-6-5-15-27(3,28)29)26(34)30-22-11-7-20(2)8-12-22/h7-14,24H,4-6,15-19H2,1-3H3,(H,30,34)(H,32,33). The van der Waals surface area contributed by atoms with E-state index in [0.29, 0.717) is 37.4 Å². The van der Waals surface area contributed by atoms with Crippen molar-refractivity contribution >= 4 is 17.7 Å². The van der Waals surface area contributed by atoms with E-state index in [2.05, 4.69) is 5.32 Å². The minimum Gasteiger partial charge on any atom is -0.492 e. The number of carboxylic acids is 1. The number of ether oxygens (including phenoxy) is 2. The lowest BCUT2D eigenvalue weighted by molar-refractivity contribution is -0.149. The Morgan fingerprint density at radius 1 is 1.06 bits per heavy atom. The molecule has 0 aliphatic carbocycles. The van der Waals surface area contributed by atoms with Crippen LogP contribution in [0.2, 0.25) is 0 Å². The number of unbranched alkanes of at least 4 members (excludes halogenated alkanes) is 1. The SMILES string of the molecule is CCOC(Cc1ccc(OCCN(CCCCC(C)(F)F)C(=O)Nc2ccc(C)cc2)cc1)C(=O)O. The summed E-state index contributed by atoms with van der Waals surface area (Å²) in [5.41, 5.74) is 2.52. The Balaban J connectivity index is 1.92. The van der Waals surface area contributed by atoms with E-state index in [1.54, 1.807) is 36.1 Å². The molecule has 2 N–H and O–H groups in total. The highest BCUT2D eigenvalue weighted by Crippen LogP contribution is 2.20. The number of urea groups is 1. The van der Waals surface area contributed by atoms with Crippen molar-refractivity contribution in [2.75, 3.05) is 31.6 Å². The third kappa shape index (κ3) is 11.0. The lowest BCUT2D eigenvalue weighted by atomic mass is 10.1. The second kappa shape index (κ2) is 14.4. The van der Waals surface area contributed by atoms with E-state index >= 15 is 0 Å². The molecule has 0 aliphatic heterocycles. The molecule has 2 amide bonds. The van der Waals surface area contributed by atoms with Crippen molar-refractivity contribution < 1.29 is 33.0 Å². The van der Waals surface area contributed by atoms with Crippen LogP contribution in [0.25, 0.3) is 0 Å². The van der Waals surface area contributed by atoms with E-state index in [4.69, 9.17) is 9.47 Å². The highest BCUT2D eigenvalue weighted by molar-refractivity contribution is 5.89. The van der Waals surface area contributed by atoms with Crippen molar-refractivity contribution in [2.24, 2.45) is 0 Å². The third-order valence-electron chi connectivity index (χ3n) is 5.50. The molecule has 0 saturated carbocycles.